The van der Waals surface area contributed by atoms with E-state index in [2.05, 4.69) is 29.5 Å². The highest BCUT2D eigenvalue weighted by Gasteiger charge is 1.97. The van der Waals surface area contributed by atoms with Crippen LogP contribution in [0.25, 0.3) is 0 Å². The minimum Gasteiger partial charge on any atom is -0.494 e. The molecule has 0 aliphatic rings. The summed E-state index contributed by atoms with van der Waals surface area (Å²) >= 11 is 0. The molecule has 1 aromatic carbocycles. The fourth-order valence-corrected chi connectivity index (χ4v) is 1.59. The van der Waals surface area contributed by atoms with Crippen LogP contribution in [0.2, 0.25) is 0 Å². The van der Waals surface area contributed by atoms with Crippen molar-refractivity contribution < 1.29 is 9.26 Å². The molecule has 1 heterocycles. The zero-order valence-corrected chi connectivity index (χ0v) is 10.6. The van der Waals surface area contributed by atoms with Crippen LogP contribution in [-0.2, 0) is 13.1 Å². The largest absolute Gasteiger partial charge is 0.494 e. The Morgan fingerprint density at radius 2 is 2.00 bits per heavy atom. The summed E-state index contributed by atoms with van der Waals surface area (Å²) in [6, 6.07) is 10.0. The van der Waals surface area contributed by atoms with E-state index >= 15 is 0 Å². The van der Waals surface area contributed by atoms with Gasteiger partial charge in [0.05, 0.1) is 12.3 Å². The van der Waals surface area contributed by atoms with Crippen molar-refractivity contribution >= 4 is 0 Å². The third-order valence-electron chi connectivity index (χ3n) is 2.52. The summed E-state index contributed by atoms with van der Waals surface area (Å²) in [6.07, 6.45) is 2.61. The van der Waals surface area contributed by atoms with Crippen molar-refractivity contribution in [2.24, 2.45) is 0 Å². The molecule has 0 atom stereocenters. The molecule has 4 nitrogen and oxygen atoms in total. The molecule has 0 aliphatic heterocycles. The second-order valence-corrected chi connectivity index (χ2v) is 4.09. The first kappa shape index (κ1) is 12.6. The standard InChI is InChI=1S/C14H18N2O2/c1-2-8-17-14-5-3-12(4-6-14)10-15-11-13-7-9-18-16-13/h3-7,9,15H,2,8,10-11H2,1H3. The zero-order chi connectivity index (χ0) is 12.6. The highest BCUT2D eigenvalue weighted by Crippen LogP contribution is 2.12. The summed E-state index contributed by atoms with van der Waals surface area (Å²) in [5.74, 6) is 0.928. The van der Waals surface area contributed by atoms with Gasteiger partial charge in [0.15, 0.2) is 0 Å². The SMILES string of the molecule is CCCOc1ccc(CNCc2ccon2)cc1. The molecule has 2 rings (SSSR count). The predicted octanol–water partition coefficient (Wildman–Crippen LogP) is 2.75. The highest BCUT2D eigenvalue weighted by atomic mass is 16.5. The maximum atomic E-state index is 5.53. The van der Waals surface area contributed by atoms with Crippen molar-refractivity contribution in [3.05, 3.63) is 47.9 Å². The van der Waals surface area contributed by atoms with Gasteiger partial charge in [-0.2, -0.15) is 0 Å². The maximum Gasteiger partial charge on any atom is 0.124 e. The molecule has 2 aromatic rings. The zero-order valence-electron chi connectivity index (χ0n) is 10.6. The average molecular weight is 246 g/mol. The van der Waals surface area contributed by atoms with Crippen LogP contribution in [0.4, 0.5) is 0 Å². The number of hydrogen-bond acceptors (Lipinski definition) is 4. The first-order chi connectivity index (χ1) is 8.88. The Bertz CT molecular complexity index is 437. The minimum atomic E-state index is 0.713. The van der Waals surface area contributed by atoms with E-state index in [1.54, 1.807) is 6.26 Å². The van der Waals surface area contributed by atoms with E-state index in [1.807, 2.05) is 18.2 Å². The quantitative estimate of drug-likeness (QED) is 0.816. The molecular weight excluding hydrogens is 228 g/mol. The summed E-state index contributed by atoms with van der Waals surface area (Å²) in [6.45, 7) is 4.39. The lowest BCUT2D eigenvalue weighted by atomic mass is 10.2. The van der Waals surface area contributed by atoms with Gasteiger partial charge in [0.1, 0.15) is 12.0 Å². The Morgan fingerprint density at radius 1 is 1.17 bits per heavy atom. The molecule has 1 N–H and O–H groups in total. The molecule has 0 aliphatic carbocycles. The predicted molar refractivity (Wildman–Crippen MR) is 69.3 cm³/mol. The molecule has 1 aromatic heterocycles. The van der Waals surface area contributed by atoms with Crippen LogP contribution in [-0.4, -0.2) is 11.8 Å². The van der Waals surface area contributed by atoms with Gasteiger partial charge in [0, 0.05) is 19.2 Å². The molecule has 18 heavy (non-hydrogen) atoms. The van der Waals surface area contributed by atoms with Crippen LogP contribution in [0.1, 0.15) is 24.6 Å². The summed E-state index contributed by atoms with van der Waals surface area (Å²) in [5.41, 5.74) is 2.14. The van der Waals surface area contributed by atoms with E-state index in [1.165, 1.54) is 5.56 Å². The number of aromatic nitrogens is 1. The van der Waals surface area contributed by atoms with Crippen LogP contribution in [0, 0.1) is 0 Å². The molecule has 0 saturated heterocycles. The van der Waals surface area contributed by atoms with Gasteiger partial charge in [-0.05, 0) is 24.1 Å². The van der Waals surface area contributed by atoms with Gasteiger partial charge in [-0.1, -0.05) is 24.2 Å². The number of ether oxygens (including phenoxy) is 1. The average Bonchev–Trinajstić information content (AvgIpc) is 2.91. The minimum absolute atomic E-state index is 0.713. The summed E-state index contributed by atoms with van der Waals surface area (Å²) in [7, 11) is 0. The lowest BCUT2D eigenvalue weighted by Gasteiger charge is -2.06. The molecule has 4 heteroatoms. The van der Waals surface area contributed by atoms with Gasteiger partial charge in [0.2, 0.25) is 0 Å². The smallest absolute Gasteiger partial charge is 0.124 e. The fourth-order valence-electron chi connectivity index (χ4n) is 1.59. The van der Waals surface area contributed by atoms with E-state index in [0.29, 0.717) is 6.54 Å². The van der Waals surface area contributed by atoms with Gasteiger partial charge < -0.3 is 14.6 Å². The Balaban J connectivity index is 1.75. The van der Waals surface area contributed by atoms with Crippen LogP contribution in [0.5, 0.6) is 5.75 Å². The van der Waals surface area contributed by atoms with Crippen molar-refractivity contribution in [1.29, 1.82) is 0 Å². The van der Waals surface area contributed by atoms with Crippen molar-refractivity contribution in [1.82, 2.24) is 10.5 Å². The second-order valence-electron chi connectivity index (χ2n) is 4.09. The Kier molecular flexibility index (Phi) is 4.78. The topological polar surface area (TPSA) is 47.3 Å². The lowest BCUT2D eigenvalue weighted by Crippen LogP contribution is -2.12. The summed E-state index contributed by atoms with van der Waals surface area (Å²) in [5, 5.41) is 7.14. The number of benzene rings is 1. The first-order valence-electron chi connectivity index (χ1n) is 6.20. The van der Waals surface area contributed by atoms with Gasteiger partial charge in [0.25, 0.3) is 0 Å². The molecular formula is C14H18N2O2. The third-order valence-corrected chi connectivity index (χ3v) is 2.52. The number of hydrogen-bond donors (Lipinski definition) is 1. The number of rotatable bonds is 7. The normalized spacial score (nSPS) is 10.5. The van der Waals surface area contributed by atoms with E-state index in [-0.39, 0.29) is 0 Å². The number of nitrogens with zero attached hydrogens (tertiary/aromatic N) is 1. The molecule has 0 spiro atoms. The highest BCUT2D eigenvalue weighted by molar-refractivity contribution is 5.27. The molecule has 0 amide bonds. The molecule has 0 saturated carbocycles. The van der Waals surface area contributed by atoms with Crippen LogP contribution in [0.3, 0.4) is 0 Å². The van der Waals surface area contributed by atoms with Crippen LogP contribution >= 0.6 is 0 Å². The van der Waals surface area contributed by atoms with Gasteiger partial charge in [-0.25, -0.2) is 0 Å². The van der Waals surface area contributed by atoms with Gasteiger partial charge >= 0.3 is 0 Å². The van der Waals surface area contributed by atoms with Crippen molar-refractivity contribution in [3.8, 4) is 5.75 Å². The van der Waals surface area contributed by atoms with Crippen LogP contribution in [0.15, 0.2) is 41.1 Å². The summed E-state index contributed by atoms with van der Waals surface area (Å²) in [4.78, 5) is 0. The first-order valence-corrected chi connectivity index (χ1v) is 6.20. The van der Waals surface area contributed by atoms with Gasteiger partial charge in [-0.3, -0.25) is 0 Å². The molecule has 96 valence electrons. The Hall–Kier alpha value is -1.81. The Labute approximate surface area is 107 Å². The van der Waals surface area contributed by atoms with E-state index in [0.717, 1.165) is 31.0 Å². The van der Waals surface area contributed by atoms with Gasteiger partial charge in [-0.15, -0.1) is 0 Å². The fraction of sp³-hybridized carbons (Fsp3) is 0.357. The molecule has 0 radical (unpaired) electrons. The third kappa shape index (κ3) is 3.89. The molecule has 0 unspecified atom stereocenters. The maximum absolute atomic E-state index is 5.53. The van der Waals surface area contributed by atoms with E-state index in [4.69, 9.17) is 9.26 Å². The monoisotopic (exact) mass is 246 g/mol. The van der Waals surface area contributed by atoms with E-state index in [9.17, 15) is 0 Å². The van der Waals surface area contributed by atoms with Crippen molar-refractivity contribution in [2.75, 3.05) is 6.61 Å². The van der Waals surface area contributed by atoms with Crippen molar-refractivity contribution in [2.45, 2.75) is 26.4 Å². The molecule has 0 fully saturated rings. The molecule has 0 bridgehead atoms. The summed E-state index contributed by atoms with van der Waals surface area (Å²) < 4.78 is 10.3. The number of nitrogens with one attached hydrogen (secondary N) is 1. The van der Waals surface area contributed by atoms with E-state index < -0.39 is 0 Å². The van der Waals surface area contributed by atoms with Crippen LogP contribution < -0.4 is 10.1 Å². The van der Waals surface area contributed by atoms with Crippen molar-refractivity contribution in [3.63, 3.8) is 0 Å². The lowest BCUT2D eigenvalue weighted by molar-refractivity contribution is 0.317. The Morgan fingerprint density at radius 3 is 2.67 bits per heavy atom. The second kappa shape index (κ2) is 6.81.